The van der Waals surface area contributed by atoms with Gasteiger partial charge in [-0.15, -0.1) is 11.3 Å². The molecule has 2 aromatic rings. The van der Waals surface area contributed by atoms with Crippen molar-refractivity contribution in [1.82, 2.24) is 9.88 Å². The molecule has 0 atom stereocenters. The van der Waals surface area contributed by atoms with Crippen LogP contribution in [0.5, 0.6) is 0 Å². The predicted octanol–water partition coefficient (Wildman–Crippen LogP) is 3.96. The number of carbonyl (C=O) groups excluding carboxylic acids is 1. The van der Waals surface area contributed by atoms with Crippen LogP contribution in [0.15, 0.2) is 23.6 Å². The van der Waals surface area contributed by atoms with Crippen LogP contribution >= 0.6 is 11.3 Å². The molecular weight excluding hydrogens is 346 g/mol. The summed E-state index contributed by atoms with van der Waals surface area (Å²) in [6.07, 6.45) is 2.41. The molecule has 0 saturated heterocycles. The Morgan fingerprint density at radius 2 is 2.15 bits per heavy atom. The fourth-order valence-electron chi connectivity index (χ4n) is 2.77. The summed E-state index contributed by atoms with van der Waals surface area (Å²) in [5.41, 5.74) is 9.99. The van der Waals surface area contributed by atoms with Gasteiger partial charge in [-0.05, 0) is 62.9 Å². The summed E-state index contributed by atoms with van der Waals surface area (Å²) in [4.78, 5) is 19.0. The largest absolute Gasteiger partial charge is 0.326 e. The van der Waals surface area contributed by atoms with Crippen LogP contribution in [0.1, 0.15) is 49.4 Å². The molecule has 7 heteroatoms. The van der Waals surface area contributed by atoms with Gasteiger partial charge in [0.1, 0.15) is 0 Å². The molecule has 1 saturated carbocycles. The first-order valence-corrected chi connectivity index (χ1v) is 9.89. The molecule has 2 amide bonds. The number of hydrogen-bond donors (Lipinski definition) is 3. The highest BCUT2D eigenvalue weighted by Crippen LogP contribution is 2.42. The van der Waals surface area contributed by atoms with E-state index < -0.39 is 0 Å². The predicted molar refractivity (Wildman–Crippen MR) is 108 cm³/mol. The Kier molecular flexibility index (Phi) is 5.90. The Labute approximate surface area is 158 Å². The molecule has 0 spiro atoms. The molecule has 3 rings (SSSR count). The molecule has 0 radical (unpaired) electrons. The molecule has 1 fully saturated rings. The zero-order valence-electron chi connectivity index (χ0n) is 15.6. The Morgan fingerprint density at radius 3 is 2.81 bits per heavy atom. The first kappa shape index (κ1) is 18.8. The maximum absolute atomic E-state index is 12.3. The molecule has 6 nitrogen and oxygen atoms in total. The van der Waals surface area contributed by atoms with E-state index in [0.717, 1.165) is 23.5 Å². The molecule has 1 aromatic carbocycles. The fraction of sp³-hybridized carbons (Fsp3) is 0.474. The highest BCUT2D eigenvalue weighted by atomic mass is 32.1. The van der Waals surface area contributed by atoms with Gasteiger partial charge in [0.15, 0.2) is 5.13 Å². The van der Waals surface area contributed by atoms with E-state index in [1.54, 1.807) is 0 Å². The Balaban J connectivity index is 1.59. The molecule has 140 valence electrons. The normalized spacial score (nSPS) is 14.1. The van der Waals surface area contributed by atoms with Crippen LogP contribution in [0.4, 0.5) is 15.6 Å². The minimum absolute atomic E-state index is 0.273. The van der Waals surface area contributed by atoms with Crippen LogP contribution < -0.4 is 16.4 Å². The SMILES string of the molecule is CC(C)N(C)Cc1csc(NC(=O)Nc2ccc(CN)c(C3CC3)c2)n1. The molecular formula is C19H27N5OS. The van der Waals surface area contributed by atoms with E-state index in [1.807, 2.05) is 23.6 Å². The molecule has 1 aromatic heterocycles. The van der Waals surface area contributed by atoms with E-state index in [4.69, 9.17) is 5.73 Å². The van der Waals surface area contributed by atoms with Gasteiger partial charge in [-0.3, -0.25) is 10.2 Å². The topological polar surface area (TPSA) is 83.3 Å². The van der Waals surface area contributed by atoms with Gasteiger partial charge in [-0.2, -0.15) is 0 Å². The quantitative estimate of drug-likeness (QED) is 0.686. The average molecular weight is 374 g/mol. The van der Waals surface area contributed by atoms with Crippen molar-refractivity contribution in [1.29, 1.82) is 0 Å². The van der Waals surface area contributed by atoms with Crippen molar-refractivity contribution in [2.45, 2.75) is 51.7 Å². The van der Waals surface area contributed by atoms with E-state index >= 15 is 0 Å². The van der Waals surface area contributed by atoms with Crippen molar-refractivity contribution in [3.8, 4) is 0 Å². The lowest BCUT2D eigenvalue weighted by Gasteiger charge is -2.19. The molecule has 26 heavy (non-hydrogen) atoms. The summed E-state index contributed by atoms with van der Waals surface area (Å²) in [6, 6.07) is 6.13. The number of rotatable bonds is 7. The fourth-order valence-corrected chi connectivity index (χ4v) is 3.46. The number of carbonyl (C=O) groups is 1. The van der Waals surface area contributed by atoms with Gasteiger partial charge in [-0.1, -0.05) is 6.07 Å². The van der Waals surface area contributed by atoms with E-state index in [-0.39, 0.29) is 6.03 Å². The minimum Gasteiger partial charge on any atom is -0.326 e. The number of nitrogens with one attached hydrogen (secondary N) is 2. The van der Waals surface area contributed by atoms with Gasteiger partial charge >= 0.3 is 6.03 Å². The van der Waals surface area contributed by atoms with Crippen LogP contribution in [-0.2, 0) is 13.1 Å². The van der Waals surface area contributed by atoms with E-state index in [1.165, 1.54) is 29.7 Å². The number of nitrogens with zero attached hydrogens (tertiary/aromatic N) is 2. The van der Waals surface area contributed by atoms with E-state index in [0.29, 0.717) is 23.6 Å². The number of benzene rings is 1. The highest BCUT2D eigenvalue weighted by Gasteiger charge is 2.26. The highest BCUT2D eigenvalue weighted by molar-refractivity contribution is 7.13. The number of amides is 2. The lowest BCUT2D eigenvalue weighted by atomic mass is 10.0. The standard InChI is InChI=1S/C19H27N5OS/c1-12(2)24(3)10-16-11-26-19(22-16)23-18(25)21-15-7-6-14(9-20)17(8-15)13-4-5-13/h6-8,11-13H,4-5,9-10,20H2,1-3H3,(H2,21,22,23,25). The lowest BCUT2D eigenvalue weighted by Crippen LogP contribution is -2.25. The lowest BCUT2D eigenvalue weighted by molar-refractivity contribution is 0.261. The van der Waals surface area contributed by atoms with Crippen LogP contribution in [0.25, 0.3) is 0 Å². The zero-order chi connectivity index (χ0) is 18.7. The molecule has 4 N–H and O–H groups in total. The monoisotopic (exact) mass is 373 g/mol. The average Bonchev–Trinajstić information content (AvgIpc) is 3.36. The van der Waals surface area contributed by atoms with Gasteiger partial charge in [-0.25, -0.2) is 9.78 Å². The van der Waals surface area contributed by atoms with Gasteiger partial charge in [0.25, 0.3) is 0 Å². The number of nitrogens with two attached hydrogens (primary N) is 1. The van der Waals surface area contributed by atoms with Gasteiger partial charge in [0, 0.05) is 30.2 Å². The van der Waals surface area contributed by atoms with Crippen molar-refractivity contribution in [2.24, 2.45) is 5.73 Å². The van der Waals surface area contributed by atoms with Crippen molar-refractivity contribution < 1.29 is 4.79 Å². The summed E-state index contributed by atoms with van der Waals surface area (Å²) < 4.78 is 0. The smallest absolute Gasteiger partial charge is 0.325 e. The molecule has 1 heterocycles. The third-order valence-corrected chi connectivity index (χ3v) is 5.51. The number of urea groups is 1. The van der Waals surface area contributed by atoms with Gasteiger partial charge in [0.05, 0.1) is 5.69 Å². The number of hydrogen-bond acceptors (Lipinski definition) is 5. The van der Waals surface area contributed by atoms with Gasteiger partial charge < -0.3 is 11.1 Å². The second kappa shape index (κ2) is 8.16. The summed E-state index contributed by atoms with van der Waals surface area (Å²) in [7, 11) is 2.06. The van der Waals surface area contributed by atoms with Crippen LogP contribution in [0.3, 0.4) is 0 Å². The number of anilines is 2. The molecule has 1 aliphatic rings. The van der Waals surface area contributed by atoms with E-state index in [9.17, 15) is 4.79 Å². The molecule has 0 bridgehead atoms. The molecule has 1 aliphatic carbocycles. The zero-order valence-corrected chi connectivity index (χ0v) is 16.4. The van der Waals surface area contributed by atoms with Crippen LogP contribution in [0, 0.1) is 0 Å². The second-order valence-corrected chi connectivity index (χ2v) is 7.98. The maximum Gasteiger partial charge on any atom is 0.325 e. The van der Waals surface area contributed by atoms with Gasteiger partial charge in [0.2, 0.25) is 0 Å². The van der Waals surface area contributed by atoms with Crippen molar-refractivity contribution in [2.75, 3.05) is 17.7 Å². The Morgan fingerprint density at radius 1 is 1.38 bits per heavy atom. The first-order chi connectivity index (χ1) is 12.5. The third kappa shape index (κ3) is 4.81. The van der Waals surface area contributed by atoms with Crippen LogP contribution in [0.2, 0.25) is 0 Å². The summed E-state index contributed by atoms with van der Waals surface area (Å²) in [5, 5.41) is 8.31. The van der Waals surface area contributed by atoms with Crippen molar-refractivity contribution >= 4 is 28.2 Å². The van der Waals surface area contributed by atoms with Crippen molar-refractivity contribution in [3.05, 3.63) is 40.4 Å². The summed E-state index contributed by atoms with van der Waals surface area (Å²) in [6.45, 7) is 5.59. The van der Waals surface area contributed by atoms with E-state index in [2.05, 4.69) is 41.4 Å². The number of aromatic nitrogens is 1. The summed E-state index contributed by atoms with van der Waals surface area (Å²) >= 11 is 1.44. The van der Waals surface area contributed by atoms with Crippen molar-refractivity contribution in [3.63, 3.8) is 0 Å². The Hall–Kier alpha value is -1.96. The molecule has 0 unspecified atom stereocenters. The van der Waals surface area contributed by atoms with Crippen LogP contribution in [-0.4, -0.2) is 29.0 Å². The maximum atomic E-state index is 12.3. The first-order valence-electron chi connectivity index (χ1n) is 9.01. The third-order valence-electron chi connectivity index (χ3n) is 4.71. The number of thiazole rings is 1. The Bertz CT molecular complexity index is 769. The minimum atomic E-state index is -0.273. The summed E-state index contributed by atoms with van der Waals surface area (Å²) in [5.74, 6) is 0.595. The second-order valence-electron chi connectivity index (χ2n) is 7.12. The molecule has 0 aliphatic heterocycles.